The minimum absolute atomic E-state index is 0.193. The van der Waals surface area contributed by atoms with E-state index in [1.165, 1.54) is 13.2 Å². The minimum atomic E-state index is -1.58. The highest BCUT2D eigenvalue weighted by atomic mass is 16.5. The van der Waals surface area contributed by atoms with E-state index < -0.39 is 40.4 Å². The van der Waals surface area contributed by atoms with Crippen LogP contribution in [0, 0.1) is 11.8 Å². The van der Waals surface area contributed by atoms with Crippen LogP contribution in [-0.2, 0) is 30.0 Å². The molecule has 5 aromatic carbocycles. The Morgan fingerprint density at radius 3 is 1.43 bits per heavy atom. The Bertz CT molecular complexity index is 2120. The highest BCUT2D eigenvalue weighted by Crippen LogP contribution is 2.74. The number of anilines is 1. The molecule has 8 heteroatoms. The Morgan fingerprint density at radius 1 is 0.569 bits per heavy atom. The van der Waals surface area contributed by atoms with Crippen molar-refractivity contribution in [3.63, 3.8) is 0 Å². The van der Waals surface area contributed by atoms with Gasteiger partial charge in [0.1, 0.15) is 11.5 Å². The van der Waals surface area contributed by atoms with Gasteiger partial charge in [0.05, 0.1) is 55.2 Å². The third-order valence-corrected chi connectivity index (χ3v) is 10.7. The summed E-state index contributed by atoms with van der Waals surface area (Å²) < 4.78 is 16.0. The topological polar surface area (TPSA) is 99.2 Å². The van der Waals surface area contributed by atoms with Crippen LogP contribution in [0.2, 0.25) is 0 Å². The number of carbonyl (C=O) groups excluding carboxylic acids is 4. The van der Waals surface area contributed by atoms with Crippen LogP contribution in [0.4, 0.5) is 5.69 Å². The van der Waals surface area contributed by atoms with E-state index in [0.29, 0.717) is 33.8 Å². The lowest BCUT2D eigenvalue weighted by Gasteiger charge is -2.39. The second-order valence-corrected chi connectivity index (χ2v) is 12.9. The van der Waals surface area contributed by atoms with Crippen LogP contribution in [0.1, 0.15) is 32.6 Å². The third-order valence-electron chi connectivity index (χ3n) is 10.7. The molecule has 0 unspecified atom stereocenters. The first-order valence-electron chi connectivity index (χ1n) is 16.6. The fourth-order valence-electron chi connectivity index (χ4n) is 8.78. The van der Waals surface area contributed by atoms with Gasteiger partial charge in [-0.1, -0.05) is 91.0 Å². The molecule has 8 nitrogen and oxygen atoms in total. The van der Waals surface area contributed by atoms with E-state index in [2.05, 4.69) is 0 Å². The van der Waals surface area contributed by atoms with Gasteiger partial charge in [0.2, 0.25) is 11.8 Å². The molecule has 8 rings (SSSR count). The van der Waals surface area contributed by atoms with Crippen molar-refractivity contribution in [1.29, 1.82) is 0 Å². The van der Waals surface area contributed by atoms with Crippen LogP contribution in [-0.4, -0.2) is 44.9 Å². The number of hydrogen-bond acceptors (Lipinski definition) is 7. The van der Waals surface area contributed by atoms with E-state index >= 15 is 14.4 Å². The predicted octanol–water partition coefficient (Wildman–Crippen LogP) is 6.68. The largest absolute Gasteiger partial charge is 0.497 e. The van der Waals surface area contributed by atoms with E-state index in [1.54, 1.807) is 32.4 Å². The van der Waals surface area contributed by atoms with Crippen molar-refractivity contribution >= 4 is 40.4 Å². The van der Waals surface area contributed by atoms with Crippen molar-refractivity contribution in [1.82, 2.24) is 0 Å². The van der Waals surface area contributed by atoms with Gasteiger partial charge in [0, 0.05) is 0 Å². The quantitative estimate of drug-likeness (QED) is 0.134. The minimum Gasteiger partial charge on any atom is -0.497 e. The predicted molar refractivity (Wildman–Crippen MR) is 191 cm³/mol. The molecule has 0 spiro atoms. The maximum atomic E-state index is 16.1. The summed E-state index contributed by atoms with van der Waals surface area (Å²) in [6.45, 7) is 0. The number of nitrogens with zero attached hydrogens (tertiary/aromatic N) is 1. The fourth-order valence-corrected chi connectivity index (χ4v) is 8.78. The molecule has 5 aromatic rings. The molecule has 252 valence electrons. The van der Waals surface area contributed by atoms with Crippen molar-refractivity contribution in [2.24, 2.45) is 11.8 Å². The summed E-state index contributed by atoms with van der Waals surface area (Å²) in [5.41, 5.74) is 1.26. The monoisotopic (exact) mass is 675 g/mol. The van der Waals surface area contributed by atoms with Gasteiger partial charge in [-0.2, -0.15) is 0 Å². The molecule has 3 aliphatic rings. The average Bonchev–Trinajstić information content (AvgIpc) is 3.70. The van der Waals surface area contributed by atoms with Crippen LogP contribution < -0.4 is 14.4 Å². The number of methoxy groups -OCH3 is 3. The van der Waals surface area contributed by atoms with Crippen molar-refractivity contribution in [2.75, 3.05) is 26.2 Å². The number of imide groups is 1. The Kier molecular flexibility index (Phi) is 7.49. The molecule has 0 aromatic heterocycles. The Balaban J connectivity index is 1.51. The SMILES string of the molecule is COC(=O)c1cccc(N2C(=O)[C@@H]3[C@H](C2=O)[C@]2(c4ccccc4)C(=O)[C@]3(c3ccccc3)C(c3ccc(OC)cc3)=C2c2ccc(OC)cc2)c1. The van der Waals surface area contributed by atoms with E-state index in [-0.39, 0.29) is 17.0 Å². The Morgan fingerprint density at radius 2 is 1.02 bits per heavy atom. The summed E-state index contributed by atoms with van der Waals surface area (Å²) in [5.74, 6) is -2.81. The van der Waals surface area contributed by atoms with Gasteiger partial charge in [-0.05, 0) is 75.9 Å². The van der Waals surface area contributed by atoms with Gasteiger partial charge >= 0.3 is 5.97 Å². The van der Waals surface area contributed by atoms with Crippen molar-refractivity contribution < 1.29 is 33.4 Å². The molecule has 1 saturated carbocycles. The molecule has 1 saturated heterocycles. The molecular weight excluding hydrogens is 642 g/mol. The zero-order chi connectivity index (χ0) is 35.5. The smallest absolute Gasteiger partial charge is 0.337 e. The number of fused-ring (bicyclic) bond motifs is 5. The second kappa shape index (κ2) is 11.9. The highest BCUT2D eigenvalue weighted by molar-refractivity contribution is 6.39. The molecule has 2 aliphatic carbocycles. The first-order chi connectivity index (χ1) is 24.8. The van der Waals surface area contributed by atoms with Gasteiger partial charge in [-0.25, -0.2) is 9.69 Å². The number of ketones is 1. The van der Waals surface area contributed by atoms with Gasteiger partial charge in [-0.15, -0.1) is 0 Å². The van der Waals surface area contributed by atoms with Crippen LogP contribution in [0.5, 0.6) is 11.5 Å². The lowest BCUT2D eigenvalue weighted by atomic mass is 9.59. The lowest BCUT2D eigenvalue weighted by Crippen LogP contribution is -2.45. The van der Waals surface area contributed by atoms with Crippen LogP contribution in [0.25, 0.3) is 11.1 Å². The highest BCUT2D eigenvalue weighted by Gasteiger charge is 2.82. The first kappa shape index (κ1) is 32.0. The van der Waals surface area contributed by atoms with E-state index in [1.807, 2.05) is 109 Å². The number of ether oxygens (including phenoxy) is 3. The van der Waals surface area contributed by atoms with Crippen molar-refractivity contribution in [2.45, 2.75) is 10.8 Å². The number of hydrogen-bond donors (Lipinski definition) is 0. The number of esters is 1. The summed E-state index contributed by atoms with van der Waals surface area (Å²) in [6.07, 6.45) is 0. The lowest BCUT2D eigenvalue weighted by molar-refractivity contribution is -0.130. The zero-order valence-corrected chi connectivity index (χ0v) is 28.2. The standard InChI is InChI=1S/C43H33NO7/c1-49-32-21-17-26(18-22-32)34-35(27-19-23-33(50-2)24-20-27)43(30-14-8-5-9-15-30)37-36(42(34,41(43)48)29-12-6-4-7-13-29)38(45)44(39(37)46)31-16-10-11-28(25-31)40(47)51-3/h4-25,36-37H,1-3H3/t36-,37+,42-,43-/m1/s1. The third kappa shape index (κ3) is 4.26. The number of carbonyl (C=O) groups is 4. The van der Waals surface area contributed by atoms with Gasteiger partial charge < -0.3 is 14.2 Å². The first-order valence-corrected chi connectivity index (χ1v) is 16.6. The molecule has 2 bridgehead atoms. The number of allylic oxidation sites excluding steroid dienone is 2. The normalized spacial score (nSPS) is 23.4. The van der Waals surface area contributed by atoms with Gasteiger partial charge in [0.15, 0.2) is 5.78 Å². The Labute approximate surface area is 294 Å². The van der Waals surface area contributed by atoms with Gasteiger partial charge in [0.25, 0.3) is 0 Å². The number of rotatable bonds is 8. The fraction of sp³-hybridized carbons (Fsp3) is 0.163. The molecule has 2 fully saturated rings. The van der Waals surface area contributed by atoms with E-state index in [0.717, 1.165) is 16.0 Å². The van der Waals surface area contributed by atoms with Crippen LogP contribution >= 0.6 is 0 Å². The van der Waals surface area contributed by atoms with Crippen LogP contribution in [0.15, 0.2) is 133 Å². The maximum absolute atomic E-state index is 16.1. The zero-order valence-electron chi connectivity index (χ0n) is 28.2. The Hall–Kier alpha value is -6.28. The van der Waals surface area contributed by atoms with Gasteiger partial charge in [-0.3, -0.25) is 14.4 Å². The molecular formula is C43H33NO7. The van der Waals surface area contributed by atoms with E-state index in [9.17, 15) is 4.79 Å². The summed E-state index contributed by atoms with van der Waals surface area (Å²) in [4.78, 5) is 60.3. The number of amides is 2. The maximum Gasteiger partial charge on any atom is 0.337 e. The van der Waals surface area contributed by atoms with Crippen molar-refractivity contribution in [3.05, 3.63) is 161 Å². The number of benzene rings is 5. The molecule has 0 N–H and O–H groups in total. The second-order valence-electron chi connectivity index (χ2n) is 12.9. The number of Topliss-reactive ketones (excluding diaryl/α,β-unsaturated/α-hetero) is 1. The molecule has 1 heterocycles. The summed E-state index contributed by atoms with van der Waals surface area (Å²) >= 11 is 0. The molecule has 1 aliphatic heterocycles. The summed E-state index contributed by atoms with van der Waals surface area (Å²) in [7, 11) is 4.45. The summed E-state index contributed by atoms with van der Waals surface area (Å²) in [5, 5.41) is 0. The average molecular weight is 676 g/mol. The van der Waals surface area contributed by atoms with E-state index in [4.69, 9.17) is 14.2 Å². The molecule has 2 amide bonds. The molecule has 51 heavy (non-hydrogen) atoms. The van der Waals surface area contributed by atoms with Crippen LogP contribution in [0.3, 0.4) is 0 Å². The summed E-state index contributed by atoms with van der Waals surface area (Å²) in [6, 6.07) is 39.9. The van der Waals surface area contributed by atoms with Crippen molar-refractivity contribution in [3.8, 4) is 11.5 Å². The molecule has 4 atom stereocenters. The molecule has 0 radical (unpaired) electrons.